The van der Waals surface area contributed by atoms with Gasteiger partial charge in [-0.25, -0.2) is 0 Å². The molecular formula is C15H21N3O. The molecule has 1 fully saturated rings. The van der Waals surface area contributed by atoms with Crippen LogP contribution in [-0.2, 0) is 17.8 Å². The number of nitriles is 1. The van der Waals surface area contributed by atoms with E-state index in [2.05, 4.69) is 11.2 Å². The maximum atomic E-state index is 12.5. The fourth-order valence-corrected chi connectivity index (χ4v) is 3.04. The molecule has 102 valence electrons. The molecule has 0 aromatic carbocycles. The lowest BCUT2D eigenvalue weighted by Gasteiger charge is -2.22. The van der Waals surface area contributed by atoms with Crippen molar-refractivity contribution >= 4 is 5.78 Å². The highest BCUT2D eigenvalue weighted by Crippen LogP contribution is 2.47. The molecule has 0 bridgehead atoms. The number of aromatic nitrogens is 2. The van der Waals surface area contributed by atoms with Gasteiger partial charge >= 0.3 is 0 Å². The van der Waals surface area contributed by atoms with Gasteiger partial charge in [0.15, 0.2) is 5.78 Å². The first kappa shape index (κ1) is 13.8. The molecule has 2 rings (SSSR count). The maximum absolute atomic E-state index is 12.5. The molecule has 1 heterocycles. The number of rotatable bonds is 3. The number of nitrogens with zero attached hydrogens (tertiary/aromatic N) is 3. The molecule has 1 aliphatic carbocycles. The number of ketones is 1. The third kappa shape index (κ3) is 2.18. The number of carbonyl (C=O) groups excluding carboxylic acids is 1. The van der Waals surface area contributed by atoms with E-state index >= 15 is 0 Å². The van der Waals surface area contributed by atoms with Crippen LogP contribution in [0.25, 0.3) is 0 Å². The number of hydrogen-bond donors (Lipinski definition) is 0. The lowest BCUT2D eigenvalue weighted by atomic mass is 9.78. The Kier molecular flexibility index (Phi) is 3.25. The van der Waals surface area contributed by atoms with Crippen LogP contribution in [0, 0.1) is 29.1 Å². The Balaban J connectivity index is 2.35. The fourth-order valence-electron chi connectivity index (χ4n) is 3.04. The molecular weight excluding hydrogens is 238 g/mol. The Morgan fingerprint density at radius 3 is 2.63 bits per heavy atom. The third-order valence-electron chi connectivity index (χ3n) is 4.21. The number of hydrogen-bond acceptors (Lipinski definition) is 3. The molecule has 0 saturated heterocycles. The average Bonchev–Trinajstić information content (AvgIpc) is 2.83. The van der Waals surface area contributed by atoms with E-state index in [0.29, 0.717) is 12.8 Å². The highest BCUT2D eigenvalue weighted by molar-refractivity contribution is 5.94. The van der Waals surface area contributed by atoms with Crippen LogP contribution in [0.5, 0.6) is 0 Å². The smallest absolute Gasteiger partial charge is 0.159 e. The van der Waals surface area contributed by atoms with Crippen molar-refractivity contribution in [3.63, 3.8) is 0 Å². The number of Topliss-reactive ketones (excluding diaryl/α,β-unsaturated/α-hetero) is 1. The molecule has 1 aromatic rings. The minimum Gasteiger partial charge on any atom is -0.297 e. The molecule has 19 heavy (non-hydrogen) atoms. The van der Waals surface area contributed by atoms with E-state index in [0.717, 1.165) is 24.4 Å². The van der Waals surface area contributed by atoms with Crippen LogP contribution in [0.1, 0.15) is 45.0 Å². The summed E-state index contributed by atoms with van der Waals surface area (Å²) >= 11 is 0. The fraction of sp³-hybridized carbons (Fsp3) is 0.667. The van der Waals surface area contributed by atoms with Gasteiger partial charge in [-0.2, -0.15) is 10.4 Å². The van der Waals surface area contributed by atoms with Gasteiger partial charge < -0.3 is 0 Å². The second-order valence-corrected chi connectivity index (χ2v) is 6.18. The molecule has 4 nitrogen and oxygen atoms in total. The van der Waals surface area contributed by atoms with Crippen LogP contribution in [0.2, 0.25) is 0 Å². The molecule has 1 saturated carbocycles. The largest absolute Gasteiger partial charge is 0.297 e. The monoisotopic (exact) mass is 259 g/mol. The predicted molar refractivity (Wildman–Crippen MR) is 72.4 cm³/mol. The second-order valence-electron chi connectivity index (χ2n) is 6.18. The van der Waals surface area contributed by atoms with E-state index in [1.807, 2.05) is 38.4 Å². The topological polar surface area (TPSA) is 58.7 Å². The van der Waals surface area contributed by atoms with E-state index in [9.17, 15) is 10.1 Å². The summed E-state index contributed by atoms with van der Waals surface area (Å²) in [5, 5.41) is 13.9. The zero-order valence-corrected chi connectivity index (χ0v) is 12.2. The molecule has 1 atom stereocenters. The minimum atomic E-state index is -0.858. The third-order valence-corrected chi connectivity index (χ3v) is 4.21. The summed E-state index contributed by atoms with van der Waals surface area (Å²) in [6, 6.07) is 4.29. The Hall–Kier alpha value is -1.63. The lowest BCUT2D eigenvalue weighted by Crippen LogP contribution is -2.33. The van der Waals surface area contributed by atoms with Gasteiger partial charge in [-0.05, 0) is 32.8 Å². The quantitative estimate of drug-likeness (QED) is 0.838. The van der Waals surface area contributed by atoms with Crippen LogP contribution < -0.4 is 0 Å². The van der Waals surface area contributed by atoms with Crippen molar-refractivity contribution in [2.45, 2.75) is 53.5 Å². The zero-order chi connectivity index (χ0) is 14.3. The first-order valence-electron chi connectivity index (χ1n) is 6.84. The Morgan fingerprint density at radius 1 is 1.47 bits per heavy atom. The normalized spacial score (nSPS) is 25.5. The average molecular weight is 259 g/mol. The molecule has 1 aromatic heterocycles. The van der Waals surface area contributed by atoms with Crippen LogP contribution in [0.3, 0.4) is 0 Å². The van der Waals surface area contributed by atoms with Gasteiger partial charge in [0.25, 0.3) is 0 Å². The second kappa shape index (κ2) is 4.48. The molecule has 0 radical (unpaired) electrons. The van der Waals surface area contributed by atoms with Gasteiger partial charge in [-0.1, -0.05) is 13.8 Å². The van der Waals surface area contributed by atoms with Crippen molar-refractivity contribution in [1.29, 1.82) is 5.26 Å². The number of aryl methyl sites for hydroxylation is 2. The molecule has 1 unspecified atom stereocenters. The molecule has 0 aliphatic heterocycles. The lowest BCUT2D eigenvalue weighted by molar-refractivity contribution is -0.130. The highest BCUT2D eigenvalue weighted by Gasteiger charge is 2.52. The zero-order valence-electron chi connectivity index (χ0n) is 12.2. The van der Waals surface area contributed by atoms with Crippen molar-refractivity contribution in [3.05, 3.63) is 17.5 Å². The first-order valence-corrected chi connectivity index (χ1v) is 6.84. The minimum absolute atomic E-state index is 0.0870. The van der Waals surface area contributed by atoms with E-state index < -0.39 is 5.41 Å². The highest BCUT2D eigenvalue weighted by atomic mass is 16.1. The van der Waals surface area contributed by atoms with E-state index in [4.69, 9.17) is 0 Å². The Morgan fingerprint density at radius 2 is 2.16 bits per heavy atom. The molecule has 1 aliphatic rings. The van der Waals surface area contributed by atoms with Crippen LogP contribution in [0.4, 0.5) is 0 Å². The number of carbonyl (C=O) groups is 1. The van der Waals surface area contributed by atoms with Crippen molar-refractivity contribution in [3.8, 4) is 6.07 Å². The van der Waals surface area contributed by atoms with Crippen molar-refractivity contribution in [2.24, 2.45) is 10.8 Å². The van der Waals surface area contributed by atoms with Gasteiger partial charge in [-0.15, -0.1) is 0 Å². The van der Waals surface area contributed by atoms with Crippen molar-refractivity contribution < 1.29 is 4.79 Å². The van der Waals surface area contributed by atoms with Crippen molar-refractivity contribution in [1.82, 2.24) is 9.78 Å². The van der Waals surface area contributed by atoms with E-state index in [-0.39, 0.29) is 11.2 Å². The summed E-state index contributed by atoms with van der Waals surface area (Å²) in [7, 11) is 0. The van der Waals surface area contributed by atoms with Crippen molar-refractivity contribution in [2.75, 3.05) is 0 Å². The van der Waals surface area contributed by atoms with Crippen LogP contribution >= 0.6 is 0 Å². The Bertz CT molecular complexity index is 550. The molecule has 0 spiro atoms. The summed E-state index contributed by atoms with van der Waals surface area (Å²) in [4.78, 5) is 12.5. The predicted octanol–water partition coefficient (Wildman–Crippen LogP) is 2.65. The summed E-state index contributed by atoms with van der Waals surface area (Å²) in [5.41, 5.74) is 0.701. The molecule has 0 amide bonds. The van der Waals surface area contributed by atoms with Gasteiger partial charge in [0.1, 0.15) is 5.41 Å². The summed E-state index contributed by atoms with van der Waals surface area (Å²) in [5.74, 6) is 0.0870. The van der Waals surface area contributed by atoms with Gasteiger partial charge in [-0.3, -0.25) is 9.48 Å². The summed E-state index contributed by atoms with van der Waals surface area (Å²) < 4.78 is 1.90. The van der Waals surface area contributed by atoms with E-state index in [1.54, 1.807) is 0 Å². The van der Waals surface area contributed by atoms with Gasteiger partial charge in [0.2, 0.25) is 0 Å². The van der Waals surface area contributed by atoms with Crippen LogP contribution in [-0.4, -0.2) is 15.6 Å². The summed E-state index contributed by atoms with van der Waals surface area (Å²) in [6.07, 6.45) is 1.93. The summed E-state index contributed by atoms with van der Waals surface area (Å²) in [6.45, 7) is 8.61. The molecule has 0 N–H and O–H groups in total. The van der Waals surface area contributed by atoms with E-state index in [1.165, 1.54) is 0 Å². The standard InChI is InChI=1S/C15H21N3O/c1-5-18-12(8-11(2)17-18)9-15(10-16)7-6-14(3,4)13(15)19/h8H,5-7,9H2,1-4H3. The maximum Gasteiger partial charge on any atom is 0.159 e. The van der Waals surface area contributed by atoms with Crippen LogP contribution in [0.15, 0.2) is 6.07 Å². The Labute approximate surface area is 114 Å². The van der Waals surface area contributed by atoms with Gasteiger partial charge in [0, 0.05) is 24.1 Å². The first-order chi connectivity index (χ1) is 8.84. The van der Waals surface area contributed by atoms with Gasteiger partial charge in [0.05, 0.1) is 11.8 Å². The SMILES string of the molecule is CCn1nc(C)cc1CC1(C#N)CCC(C)(C)C1=O. The molecule has 4 heteroatoms.